The maximum atomic E-state index is 13.6. The zero-order valence-corrected chi connectivity index (χ0v) is 21.4. The van der Waals surface area contributed by atoms with Crippen molar-refractivity contribution in [3.63, 3.8) is 0 Å². The summed E-state index contributed by atoms with van der Waals surface area (Å²) in [6, 6.07) is 15.8. The number of rotatable bonds is 6. The van der Waals surface area contributed by atoms with E-state index in [2.05, 4.69) is 0 Å². The molecular weight excluding hydrogens is 502 g/mol. The van der Waals surface area contributed by atoms with Crippen molar-refractivity contribution in [2.75, 3.05) is 14.2 Å². The molecule has 2 N–H and O–H groups in total. The Labute approximate surface area is 222 Å². The van der Waals surface area contributed by atoms with Crippen LogP contribution in [0.1, 0.15) is 23.5 Å². The molecule has 0 unspecified atom stereocenters. The number of aromatic hydroxyl groups is 2. The van der Waals surface area contributed by atoms with Crippen LogP contribution in [0.25, 0.3) is 33.0 Å². The standard InChI is InChI=1S/C30H25NO8/c1-31-24-13-19(37-2)9-6-17(24)12-22(30(31)36)21(14-26(34)38-3)27-25(33)11-10-20-28(35)23(15-39-29(20)27)16-4-7-18(32)8-5-16/h4-13,15,21,32-33H,14H2,1-3H3/t21-/m1/s1. The van der Waals surface area contributed by atoms with Gasteiger partial charge in [0.15, 0.2) is 0 Å². The van der Waals surface area contributed by atoms with Gasteiger partial charge in [0.2, 0.25) is 5.43 Å². The lowest BCUT2D eigenvalue weighted by Gasteiger charge is -2.20. The number of nitrogens with zero attached hydrogens (tertiary/aromatic N) is 1. The maximum absolute atomic E-state index is 13.6. The van der Waals surface area contributed by atoms with E-state index >= 15 is 0 Å². The molecule has 3 aromatic carbocycles. The first-order valence-corrected chi connectivity index (χ1v) is 12.0. The zero-order chi connectivity index (χ0) is 27.8. The second-order valence-corrected chi connectivity index (χ2v) is 9.12. The summed E-state index contributed by atoms with van der Waals surface area (Å²) in [5.41, 5.74) is 1.01. The molecular formula is C30H25NO8. The fourth-order valence-corrected chi connectivity index (χ4v) is 4.85. The Kier molecular flexibility index (Phi) is 6.57. The van der Waals surface area contributed by atoms with Crippen LogP contribution in [-0.2, 0) is 16.6 Å². The van der Waals surface area contributed by atoms with Gasteiger partial charge in [-0.15, -0.1) is 0 Å². The van der Waals surface area contributed by atoms with Gasteiger partial charge in [-0.2, -0.15) is 0 Å². The van der Waals surface area contributed by atoms with E-state index in [1.54, 1.807) is 43.4 Å². The van der Waals surface area contributed by atoms with E-state index in [0.29, 0.717) is 22.2 Å². The van der Waals surface area contributed by atoms with Gasteiger partial charge in [-0.1, -0.05) is 12.1 Å². The number of fused-ring (bicyclic) bond motifs is 2. The number of benzene rings is 3. The zero-order valence-electron chi connectivity index (χ0n) is 21.4. The Hall–Kier alpha value is -5.05. The van der Waals surface area contributed by atoms with Gasteiger partial charge in [0.25, 0.3) is 5.56 Å². The molecule has 0 aliphatic heterocycles. The summed E-state index contributed by atoms with van der Waals surface area (Å²) in [7, 11) is 4.37. The predicted octanol–water partition coefficient (Wildman–Crippen LogP) is 4.43. The molecule has 0 aliphatic rings. The van der Waals surface area contributed by atoms with Crippen LogP contribution < -0.4 is 15.7 Å². The number of ether oxygens (including phenoxy) is 2. The van der Waals surface area contributed by atoms with E-state index in [1.807, 2.05) is 0 Å². The Bertz CT molecular complexity index is 1850. The molecule has 0 bridgehead atoms. The molecule has 0 fully saturated rings. The molecule has 9 heteroatoms. The van der Waals surface area contributed by atoms with Crippen LogP contribution in [0.2, 0.25) is 0 Å². The van der Waals surface area contributed by atoms with Gasteiger partial charge < -0.3 is 28.7 Å². The fraction of sp³-hybridized carbons (Fsp3) is 0.167. The van der Waals surface area contributed by atoms with Crippen LogP contribution in [0.5, 0.6) is 17.2 Å². The molecule has 0 spiro atoms. The topological polar surface area (TPSA) is 128 Å². The molecule has 2 heterocycles. The average molecular weight is 528 g/mol. The number of phenols is 2. The molecule has 39 heavy (non-hydrogen) atoms. The van der Waals surface area contributed by atoms with Crippen LogP contribution in [0, 0.1) is 0 Å². The lowest BCUT2D eigenvalue weighted by molar-refractivity contribution is -0.140. The molecule has 0 saturated carbocycles. The normalized spacial score (nSPS) is 12.0. The van der Waals surface area contributed by atoms with Crippen molar-refractivity contribution in [2.45, 2.75) is 12.3 Å². The van der Waals surface area contributed by atoms with Gasteiger partial charge in [-0.25, -0.2) is 0 Å². The molecule has 0 aliphatic carbocycles. The Morgan fingerprint density at radius 3 is 2.44 bits per heavy atom. The summed E-state index contributed by atoms with van der Waals surface area (Å²) >= 11 is 0. The monoisotopic (exact) mass is 527 g/mol. The van der Waals surface area contributed by atoms with E-state index in [-0.39, 0.29) is 51.0 Å². The summed E-state index contributed by atoms with van der Waals surface area (Å²) in [5, 5.41) is 21.5. The number of hydrogen-bond acceptors (Lipinski definition) is 8. The quantitative estimate of drug-likeness (QED) is 0.311. The summed E-state index contributed by atoms with van der Waals surface area (Å²) < 4.78 is 17.6. The Morgan fingerprint density at radius 1 is 1.00 bits per heavy atom. The highest BCUT2D eigenvalue weighted by atomic mass is 16.5. The summed E-state index contributed by atoms with van der Waals surface area (Å²) in [6.45, 7) is 0. The Balaban J connectivity index is 1.77. The van der Waals surface area contributed by atoms with Crippen LogP contribution in [0.3, 0.4) is 0 Å². The van der Waals surface area contributed by atoms with Crippen molar-refractivity contribution in [1.82, 2.24) is 4.57 Å². The minimum atomic E-state index is -0.992. The highest BCUT2D eigenvalue weighted by molar-refractivity contribution is 5.88. The molecule has 0 saturated heterocycles. The number of hydrogen-bond donors (Lipinski definition) is 2. The van der Waals surface area contributed by atoms with Gasteiger partial charge in [0.1, 0.15) is 29.1 Å². The average Bonchev–Trinajstić information content (AvgIpc) is 2.94. The number of carbonyl (C=O) groups excluding carboxylic acids is 1. The largest absolute Gasteiger partial charge is 0.508 e. The van der Waals surface area contributed by atoms with Gasteiger partial charge in [-0.05, 0) is 53.4 Å². The smallest absolute Gasteiger partial charge is 0.306 e. The molecule has 1 atom stereocenters. The predicted molar refractivity (Wildman–Crippen MR) is 145 cm³/mol. The molecule has 5 rings (SSSR count). The van der Waals surface area contributed by atoms with Crippen molar-refractivity contribution in [3.05, 3.63) is 98.6 Å². The van der Waals surface area contributed by atoms with E-state index in [4.69, 9.17) is 13.9 Å². The van der Waals surface area contributed by atoms with Crippen LogP contribution in [0.4, 0.5) is 0 Å². The van der Waals surface area contributed by atoms with E-state index < -0.39 is 17.4 Å². The highest BCUT2D eigenvalue weighted by Gasteiger charge is 2.29. The van der Waals surface area contributed by atoms with E-state index in [1.165, 1.54) is 49.3 Å². The molecule has 9 nitrogen and oxygen atoms in total. The summed E-state index contributed by atoms with van der Waals surface area (Å²) in [6.07, 6.45) is 0.976. The third-order valence-corrected chi connectivity index (χ3v) is 6.92. The van der Waals surface area contributed by atoms with Gasteiger partial charge in [0.05, 0.1) is 37.1 Å². The molecule has 0 amide bonds. The number of aryl methyl sites for hydroxylation is 1. The first-order chi connectivity index (χ1) is 18.7. The van der Waals surface area contributed by atoms with Crippen molar-refractivity contribution in [1.29, 1.82) is 0 Å². The summed E-state index contributed by atoms with van der Waals surface area (Å²) in [4.78, 5) is 39.7. The van der Waals surface area contributed by atoms with Gasteiger partial charge in [-0.3, -0.25) is 14.4 Å². The first kappa shape index (κ1) is 25.6. The van der Waals surface area contributed by atoms with Gasteiger partial charge in [0, 0.05) is 30.2 Å². The van der Waals surface area contributed by atoms with Crippen molar-refractivity contribution < 1.29 is 28.9 Å². The van der Waals surface area contributed by atoms with E-state index in [0.717, 1.165) is 0 Å². The van der Waals surface area contributed by atoms with Crippen LogP contribution in [-0.4, -0.2) is 35.0 Å². The first-order valence-electron chi connectivity index (χ1n) is 12.0. The number of pyridine rings is 1. The number of esters is 1. The van der Waals surface area contributed by atoms with E-state index in [9.17, 15) is 24.6 Å². The summed E-state index contributed by atoms with van der Waals surface area (Å²) in [5.74, 6) is -1.22. The fourth-order valence-electron chi connectivity index (χ4n) is 4.85. The maximum Gasteiger partial charge on any atom is 0.306 e. The molecule has 5 aromatic rings. The van der Waals surface area contributed by atoms with Crippen molar-refractivity contribution in [3.8, 4) is 28.4 Å². The number of phenolic OH excluding ortho intramolecular Hbond substituents is 2. The third-order valence-electron chi connectivity index (χ3n) is 6.92. The lowest BCUT2D eigenvalue weighted by Crippen LogP contribution is -2.25. The third kappa shape index (κ3) is 4.48. The molecule has 2 aromatic heterocycles. The number of carbonyl (C=O) groups is 1. The minimum Gasteiger partial charge on any atom is -0.508 e. The van der Waals surface area contributed by atoms with Gasteiger partial charge >= 0.3 is 5.97 Å². The highest BCUT2D eigenvalue weighted by Crippen LogP contribution is 2.39. The molecule has 0 radical (unpaired) electrons. The van der Waals surface area contributed by atoms with Crippen molar-refractivity contribution in [2.24, 2.45) is 7.05 Å². The van der Waals surface area contributed by atoms with Crippen LogP contribution >= 0.6 is 0 Å². The second-order valence-electron chi connectivity index (χ2n) is 9.12. The second kappa shape index (κ2) is 10.0. The van der Waals surface area contributed by atoms with Crippen LogP contribution in [0.15, 0.2) is 80.9 Å². The number of methoxy groups -OCH3 is 2. The minimum absolute atomic E-state index is 0.0494. The van der Waals surface area contributed by atoms with Crippen molar-refractivity contribution >= 4 is 27.8 Å². The number of aromatic nitrogens is 1. The SMILES string of the molecule is COC(=O)C[C@H](c1cc2ccc(OC)cc2n(C)c1=O)c1c(O)ccc2c(=O)c(-c3ccc(O)cc3)coc12. The Morgan fingerprint density at radius 2 is 1.74 bits per heavy atom. The lowest BCUT2D eigenvalue weighted by atomic mass is 9.86. The molecule has 198 valence electrons.